The number of hydrogen-bond acceptors (Lipinski definition) is 5. The van der Waals surface area contributed by atoms with E-state index < -0.39 is 0 Å². The third-order valence-electron chi connectivity index (χ3n) is 5.44. The van der Waals surface area contributed by atoms with Gasteiger partial charge in [0.2, 0.25) is 5.95 Å². The zero-order chi connectivity index (χ0) is 24.8. The summed E-state index contributed by atoms with van der Waals surface area (Å²) < 4.78 is 0. The molecular formula is C27H27ClN6O. The van der Waals surface area contributed by atoms with Crippen LogP contribution in [0.25, 0.3) is 0 Å². The lowest BCUT2D eigenvalue weighted by Gasteiger charge is -2.24. The normalized spacial score (nSPS) is 11.4. The van der Waals surface area contributed by atoms with Crippen molar-refractivity contribution in [3.05, 3.63) is 102 Å². The molecule has 0 aliphatic heterocycles. The monoisotopic (exact) mass is 486 g/mol. The van der Waals surface area contributed by atoms with E-state index in [0.29, 0.717) is 28.2 Å². The van der Waals surface area contributed by atoms with Crippen LogP contribution >= 0.6 is 11.6 Å². The molecule has 0 spiro atoms. The van der Waals surface area contributed by atoms with Crippen molar-refractivity contribution in [2.24, 2.45) is 0 Å². The molecule has 3 aromatic carbocycles. The van der Waals surface area contributed by atoms with Gasteiger partial charge < -0.3 is 15.5 Å². The minimum Gasteiger partial charge on any atom is -0.378 e. The number of halogens is 1. The second-order valence-corrected chi connectivity index (χ2v) is 8.63. The first-order valence-electron chi connectivity index (χ1n) is 11.2. The molecule has 178 valence electrons. The van der Waals surface area contributed by atoms with Crippen LogP contribution < -0.4 is 20.4 Å². The average Bonchev–Trinajstić information content (AvgIpc) is 2.87. The predicted octanol–water partition coefficient (Wildman–Crippen LogP) is 6.74. The standard InChI is InChI=1S/C27H27ClN6O/c1-19(20-7-5-4-6-8-20)30-26-29-18-17-25(32-26)34(24-15-13-23(14-16-24)33(2)3)27(35)31-22-11-9-21(28)10-12-22/h4-19H,1-3H3,(H,31,35)(H,29,30,32)/t19-/m0/s1. The SMILES string of the molecule is C[C@H](Nc1nccc(N(C(=O)Nc2ccc(Cl)cc2)c2ccc(N(C)C)cc2)n1)c1ccccc1. The van der Waals surface area contributed by atoms with Crippen molar-refractivity contribution in [2.75, 3.05) is 34.5 Å². The summed E-state index contributed by atoms with van der Waals surface area (Å²) in [6.07, 6.45) is 1.64. The molecule has 0 saturated carbocycles. The number of anilines is 5. The van der Waals surface area contributed by atoms with Crippen LogP contribution in [0.3, 0.4) is 0 Å². The van der Waals surface area contributed by atoms with Crippen LogP contribution in [0.2, 0.25) is 5.02 Å². The molecule has 0 bridgehead atoms. The molecule has 0 aliphatic rings. The van der Waals surface area contributed by atoms with Gasteiger partial charge in [0.15, 0.2) is 0 Å². The lowest BCUT2D eigenvalue weighted by molar-refractivity contribution is 0.259. The van der Waals surface area contributed by atoms with Crippen molar-refractivity contribution >= 4 is 46.5 Å². The molecule has 8 heteroatoms. The third kappa shape index (κ3) is 6.07. The summed E-state index contributed by atoms with van der Waals surface area (Å²) in [4.78, 5) is 26.0. The summed E-state index contributed by atoms with van der Waals surface area (Å²) in [6.45, 7) is 2.04. The molecule has 0 radical (unpaired) electrons. The van der Waals surface area contributed by atoms with E-state index in [0.717, 1.165) is 11.3 Å². The molecule has 1 heterocycles. The second kappa shape index (κ2) is 10.9. The molecule has 0 fully saturated rings. The van der Waals surface area contributed by atoms with Crippen molar-refractivity contribution in [3.8, 4) is 0 Å². The topological polar surface area (TPSA) is 73.4 Å². The number of carbonyl (C=O) groups is 1. The van der Waals surface area contributed by atoms with Crippen LogP contribution in [-0.2, 0) is 0 Å². The van der Waals surface area contributed by atoms with Crippen molar-refractivity contribution in [2.45, 2.75) is 13.0 Å². The van der Waals surface area contributed by atoms with Crippen LogP contribution in [0.4, 0.5) is 33.6 Å². The molecule has 0 saturated heterocycles. The lowest BCUT2D eigenvalue weighted by Crippen LogP contribution is -2.31. The minimum absolute atomic E-state index is 0.0119. The van der Waals surface area contributed by atoms with Gasteiger partial charge in [-0.2, -0.15) is 4.98 Å². The summed E-state index contributed by atoms with van der Waals surface area (Å²) in [6, 6.07) is 26.0. The maximum Gasteiger partial charge on any atom is 0.332 e. The van der Waals surface area contributed by atoms with Gasteiger partial charge in [0.25, 0.3) is 0 Å². The largest absolute Gasteiger partial charge is 0.378 e. The van der Waals surface area contributed by atoms with Crippen LogP contribution in [-0.4, -0.2) is 30.1 Å². The molecule has 35 heavy (non-hydrogen) atoms. The summed E-state index contributed by atoms with van der Waals surface area (Å²) >= 11 is 6.00. The van der Waals surface area contributed by atoms with E-state index in [1.807, 2.05) is 80.5 Å². The number of carbonyl (C=O) groups excluding carboxylic acids is 1. The molecular weight excluding hydrogens is 460 g/mol. The molecule has 1 atom stereocenters. The Hall–Kier alpha value is -4.10. The van der Waals surface area contributed by atoms with Gasteiger partial charge in [0.1, 0.15) is 5.82 Å². The van der Waals surface area contributed by atoms with Crippen molar-refractivity contribution in [1.82, 2.24) is 9.97 Å². The Labute approximate surface area is 210 Å². The maximum atomic E-state index is 13.5. The van der Waals surface area contributed by atoms with Crippen molar-refractivity contribution < 1.29 is 4.79 Å². The predicted molar refractivity (Wildman–Crippen MR) is 144 cm³/mol. The van der Waals surface area contributed by atoms with Crippen molar-refractivity contribution in [1.29, 1.82) is 0 Å². The van der Waals surface area contributed by atoms with Gasteiger partial charge in [-0.15, -0.1) is 0 Å². The molecule has 2 amide bonds. The van der Waals surface area contributed by atoms with Gasteiger partial charge in [-0.3, -0.25) is 0 Å². The highest BCUT2D eigenvalue weighted by molar-refractivity contribution is 6.30. The Balaban J connectivity index is 1.65. The summed E-state index contributed by atoms with van der Waals surface area (Å²) in [7, 11) is 3.94. The van der Waals surface area contributed by atoms with Gasteiger partial charge in [-0.25, -0.2) is 14.7 Å². The number of hydrogen-bond donors (Lipinski definition) is 2. The van der Waals surface area contributed by atoms with Crippen molar-refractivity contribution in [3.63, 3.8) is 0 Å². The Bertz CT molecular complexity index is 1260. The van der Waals surface area contributed by atoms with Gasteiger partial charge >= 0.3 is 6.03 Å². The summed E-state index contributed by atoms with van der Waals surface area (Å²) in [5, 5.41) is 6.84. The van der Waals surface area contributed by atoms with Gasteiger partial charge in [0.05, 0.1) is 11.7 Å². The van der Waals surface area contributed by atoms with E-state index in [1.54, 1.807) is 36.5 Å². The van der Waals surface area contributed by atoms with Gasteiger partial charge in [0, 0.05) is 42.8 Å². The van der Waals surface area contributed by atoms with Crippen LogP contribution in [0.5, 0.6) is 0 Å². The molecule has 7 nitrogen and oxygen atoms in total. The highest BCUT2D eigenvalue weighted by atomic mass is 35.5. The summed E-state index contributed by atoms with van der Waals surface area (Å²) in [5.74, 6) is 0.861. The number of aromatic nitrogens is 2. The highest BCUT2D eigenvalue weighted by Crippen LogP contribution is 2.28. The van der Waals surface area contributed by atoms with Gasteiger partial charge in [-0.1, -0.05) is 41.9 Å². The summed E-state index contributed by atoms with van der Waals surface area (Å²) in [5.41, 5.74) is 3.42. The first kappa shape index (κ1) is 24.0. The smallest absolute Gasteiger partial charge is 0.332 e. The number of nitrogens with one attached hydrogen (secondary N) is 2. The van der Waals surface area contributed by atoms with E-state index in [9.17, 15) is 4.79 Å². The fraction of sp³-hybridized carbons (Fsp3) is 0.148. The van der Waals surface area contributed by atoms with Crippen LogP contribution in [0.15, 0.2) is 91.1 Å². The molecule has 0 unspecified atom stereocenters. The maximum absolute atomic E-state index is 13.5. The zero-order valence-corrected chi connectivity index (χ0v) is 20.6. The molecule has 0 aliphatic carbocycles. The number of amides is 2. The van der Waals surface area contributed by atoms with E-state index in [1.165, 1.54) is 4.90 Å². The van der Waals surface area contributed by atoms with Gasteiger partial charge in [-0.05, 0) is 61.0 Å². The molecule has 1 aromatic heterocycles. The first-order valence-corrected chi connectivity index (χ1v) is 11.6. The Morgan fingerprint density at radius 2 is 1.54 bits per heavy atom. The molecule has 4 rings (SSSR count). The zero-order valence-electron chi connectivity index (χ0n) is 19.8. The first-order chi connectivity index (χ1) is 16.9. The Morgan fingerprint density at radius 3 is 2.20 bits per heavy atom. The van der Waals surface area contributed by atoms with E-state index in [2.05, 4.69) is 20.6 Å². The van der Waals surface area contributed by atoms with Crippen LogP contribution in [0, 0.1) is 0 Å². The molecule has 2 N–H and O–H groups in total. The quantitative estimate of drug-likeness (QED) is 0.302. The third-order valence-corrected chi connectivity index (χ3v) is 5.69. The minimum atomic E-state index is -0.356. The molecule has 4 aromatic rings. The Kier molecular flexibility index (Phi) is 7.48. The van der Waals surface area contributed by atoms with E-state index in [-0.39, 0.29) is 12.1 Å². The van der Waals surface area contributed by atoms with E-state index >= 15 is 0 Å². The number of benzene rings is 3. The second-order valence-electron chi connectivity index (χ2n) is 8.20. The average molecular weight is 487 g/mol. The van der Waals surface area contributed by atoms with E-state index in [4.69, 9.17) is 11.6 Å². The fourth-order valence-corrected chi connectivity index (χ4v) is 3.65. The lowest BCUT2D eigenvalue weighted by atomic mass is 10.1. The number of urea groups is 1. The fourth-order valence-electron chi connectivity index (χ4n) is 3.53. The Morgan fingerprint density at radius 1 is 0.886 bits per heavy atom. The highest BCUT2D eigenvalue weighted by Gasteiger charge is 2.21. The number of nitrogens with zero attached hydrogens (tertiary/aromatic N) is 4. The number of rotatable bonds is 7. The van der Waals surface area contributed by atoms with Crippen LogP contribution in [0.1, 0.15) is 18.5 Å².